The summed E-state index contributed by atoms with van der Waals surface area (Å²) in [6, 6.07) is 3.75. The molecule has 0 bridgehead atoms. The predicted octanol–water partition coefficient (Wildman–Crippen LogP) is 3.34. The maximum absolute atomic E-state index is 5.77. The number of nitrogens with one attached hydrogen (secondary N) is 1. The molecule has 0 atom stereocenters. The Bertz CT molecular complexity index is 284. The third-order valence-electron chi connectivity index (χ3n) is 2.09. The summed E-state index contributed by atoms with van der Waals surface area (Å²) in [7, 11) is 0. The molecule has 0 aliphatic heterocycles. The topological polar surface area (TPSA) is 24.9 Å². The molecule has 0 aliphatic rings. The second kappa shape index (κ2) is 3.97. The van der Waals surface area contributed by atoms with Crippen molar-refractivity contribution in [3.05, 3.63) is 23.5 Å². The van der Waals surface area contributed by atoms with Crippen molar-refractivity contribution in [1.29, 1.82) is 0 Å². The van der Waals surface area contributed by atoms with Gasteiger partial charge in [0.05, 0.1) is 0 Å². The van der Waals surface area contributed by atoms with E-state index in [2.05, 4.69) is 31.1 Å². The van der Waals surface area contributed by atoms with Crippen molar-refractivity contribution in [3.63, 3.8) is 0 Å². The van der Waals surface area contributed by atoms with Gasteiger partial charge in [-0.2, -0.15) is 0 Å². The molecule has 0 saturated heterocycles. The van der Waals surface area contributed by atoms with Gasteiger partial charge in [0.15, 0.2) is 0 Å². The molecular weight excluding hydrogens is 184 g/mol. The van der Waals surface area contributed by atoms with Crippen molar-refractivity contribution in [2.45, 2.75) is 32.7 Å². The summed E-state index contributed by atoms with van der Waals surface area (Å²) in [6.45, 7) is 6.46. The van der Waals surface area contributed by atoms with Crippen molar-refractivity contribution < 1.29 is 0 Å². The van der Waals surface area contributed by atoms with Gasteiger partial charge in [-0.25, -0.2) is 4.98 Å². The number of nitrogens with zero attached hydrogens (tertiary/aromatic N) is 1. The Balaban J connectivity index is 2.74. The molecule has 1 N–H and O–H groups in total. The third kappa shape index (κ3) is 3.23. The van der Waals surface area contributed by atoms with Crippen LogP contribution in [-0.2, 0) is 0 Å². The Hall–Kier alpha value is -0.760. The highest BCUT2D eigenvalue weighted by Crippen LogP contribution is 2.19. The fraction of sp³-hybridized carbons (Fsp3) is 0.500. The molecule has 3 heteroatoms. The first-order chi connectivity index (χ1) is 6.03. The zero-order chi connectivity index (χ0) is 9.90. The lowest BCUT2D eigenvalue weighted by molar-refractivity contribution is 0.547. The Morgan fingerprint density at radius 3 is 2.77 bits per heavy atom. The Morgan fingerprint density at radius 2 is 2.23 bits per heavy atom. The zero-order valence-electron chi connectivity index (χ0n) is 8.26. The van der Waals surface area contributed by atoms with E-state index in [-0.39, 0.29) is 5.54 Å². The minimum Gasteiger partial charge on any atom is -0.380 e. The molecule has 0 spiro atoms. The van der Waals surface area contributed by atoms with Crippen LogP contribution in [-0.4, -0.2) is 10.5 Å². The smallest absolute Gasteiger partial charge is 0.131 e. The minimum atomic E-state index is 0.102. The van der Waals surface area contributed by atoms with E-state index >= 15 is 0 Å². The number of anilines is 1. The molecule has 0 aliphatic carbocycles. The first-order valence-electron chi connectivity index (χ1n) is 4.43. The fourth-order valence-electron chi connectivity index (χ4n) is 0.959. The van der Waals surface area contributed by atoms with E-state index in [0.717, 1.165) is 12.1 Å². The van der Waals surface area contributed by atoms with Crippen molar-refractivity contribution in [2.75, 3.05) is 5.32 Å². The van der Waals surface area contributed by atoms with Gasteiger partial charge in [-0.3, -0.25) is 0 Å². The second-order valence-corrected chi connectivity index (χ2v) is 4.12. The lowest BCUT2D eigenvalue weighted by atomic mass is 10.0. The molecule has 0 unspecified atom stereocenters. The molecule has 13 heavy (non-hydrogen) atoms. The maximum Gasteiger partial charge on any atom is 0.131 e. The van der Waals surface area contributed by atoms with Crippen molar-refractivity contribution in [3.8, 4) is 0 Å². The second-order valence-electron chi connectivity index (χ2n) is 3.73. The van der Waals surface area contributed by atoms with Gasteiger partial charge < -0.3 is 5.32 Å². The summed E-state index contributed by atoms with van der Waals surface area (Å²) in [6.07, 6.45) is 2.77. The number of hydrogen-bond donors (Lipinski definition) is 1. The maximum atomic E-state index is 5.77. The normalized spacial score (nSPS) is 11.4. The van der Waals surface area contributed by atoms with Crippen LogP contribution in [0.15, 0.2) is 18.3 Å². The average molecular weight is 199 g/mol. The SMILES string of the molecule is CCC(C)(C)Nc1ccnc(Cl)c1. The van der Waals surface area contributed by atoms with Crippen LogP contribution in [0.5, 0.6) is 0 Å². The molecule has 2 nitrogen and oxygen atoms in total. The number of pyridine rings is 1. The van der Waals surface area contributed by atoms with Gasteiger partial charge in [0.1, 0.15) is 5.15 Å². The van der Waals surface area contributed by atoms with Crippen molar-refractivity contribution in [1.82, 2.24) is 4.98 Å². The van der Waals surface area contributed by atoms with Crippen molar-refractivity contribution in [2.24, 2.45) is 0 Å². The molecule has 0 saturated carbocycles. The van der Waals surface area contributed by atoms with E-state index in [1.54, 1.807) is 6.20 Å². The predicted molar refractivity (Wildman–Crippen MR) is 57.2 cm³/mol. The van der Waals surface area contributed by atoms with Gasteiger partial charge in [-0.1, -0.05) is 18.5 Å². The van der Waals surface area contributed by atoms with Crippen LogP contribution >= 0.6 is 11.6 Å². The fourth-order valence-corrected chi connectivity index (χ4v) is 1.13. The van der Waals surface area contributed by atoms with Crippen LogP contribution in [0.25, 0.3) is 0 Å². The zero-order valence-corrected chi connectivity index (χ0v) is 9.02. The molecule has 1 heterocycles. The summed E-state index contributed by atoms with van der Waals surface area (Å²) < 4.78 is 0. The van der Waals surface area contributed by atoms with Gasteiger partial charge in [0.2, 0.25) is 0 Å². The first kappa shape index (κ1) is 10.3. The number of hydrogen-bond acceptors (Lipinski definition) is 2. The van der Waals surface area contributed by atoms with Crippen LogP contribution in [0.4, 0.5) is 5.69 Å². The molecular formula is C10H15ClN2. The van der Waals surface area contributed by atoms with E-state index < -0.39 is 0 Å². The molecule has 0 radical (unpaired) electrons. The van der Waals surface area contributed by atoms with Gasteiger partial charge in [-0.05, 0) is 32.4 Å². The Kier molecular flexibility index (Phi) is 3.15. The van der Waals surface area contributed by atoms with Crippen LogP contribution in [0.1, 0.15) is 27.2 Å². The Morgan fingerprint density at radius 1 is 1.54 bits per heavy atom. The van der Waals surface area contributed by atoms with Crippen LogP contribution < -0.4 is 5.32 Å². The highest BCUT2D eigenvalue weighted by atomic mass is 35.5. The lowest BCUT2D eigenvalue weighted by Crippen LogP contribution is -2.29. The molecule has 0 amide bonds. The Labute approximate surface area is 84.3 Å². The summed E-state index contributed by atoms with van der Waals surface area (Å²) in [5, 5.41) is 3.91. The molecule has 0 fully saturated rings. The highest BCUT2D eigenvalue weighted by Gasteiger charge is 2.13. The summed E-state index contributed by atoms with van der Waals surface area (Å²) in [5.74, 6) is 0. The standard InChI is InChI=1S/C10H15ClN2/c1-4-10(2,3)13-8-5-6-12-9(11)7-8/h5-7H,4H2,1-3H3,(H,12,13). The van der Waals surface area contributed by atoms with E-state index in [1.807, 2.05) is 12.1 Å². The first-order valence-corrected chi connectivity index (χ1v) is 4.81. The summed E-state index contributed by atoms with van der Waals surface area (Å²) in [5.41, 5.74) is 1.12. The van der Waals surface area contributed by atoms with Crippen LogP contribution in [0.2, 0.25) is 5.15 Å². The van der Waals surface area contributed by atoms with Crippen molar-refractivity contribution >= 4 is 17.3 Å². The molecule has 72 valence electrons. The largest absolute Gasteiger partial charge is 0.380 e. The van der Waals surface area contributed by atoms with E-state index in [9.17, 15) is 0 Å². The molecule has 1 rings (SSSR count). The number of aromatic nitrogens is 1. The lowest BCUT2D eigenvalue weighted by Gasteiger charge is -2.25. The molecule has 0 aromatic carbocycles. The monoisotopic (exact) mass is 198 g/mol. The van der Waals surface area contributed by atoms with E-state index in [0.29, 0.717) is 5.15 Å². The number of rotatable bonds is 3. The van der Waals surface area contributed by atoms with E-state index in [4.69, 9.17) is 11.6 Å². The summed E-state index contributed by atoms with van der Waals surface area (Å²) in [4.78, 5) is 3.92. The van der Waals surface area contributed by atoms with Crippen LogP contribution in [0, 0.1) is 0 Å². The van der Waals surface area contributed by atoms with E-state index in [1.165, 1.54) is 0 Å². The summed E-state index contributed by atoms with van der Waals surface area (Å²) >= 11 is 5.77. The quantitative estimate of drug-likeness (QED) is 0.754. The molecule has 1 aromatic rings. The molecule has 1 aromatic heterocycles. The van der Waals surface area contributed by atoms with Gasteiger partial charge in [0, 0.05) is 17.4 Å². The van der Waals surface area contributed by atoms with Gasteiger partial charge >= 0.3 is 0 Å². The third-order valence-corrected chi connectivity index (χ3v) is 2.30. The number of halogens is 1. The average Bonchev–Trinajstić information content (AvgIpc) is 2.03. The van der Waals surface area contributed by atoms with Crippen LogP contribution in [0.3, 0.4) is 0 Å². The van der Waals surface area contributed by atoms with Gasteiger partial charge in [0.25, 0.3) is 0 Å². The highest BCUT2D eigenvalue weighted by molar-refractivity contribution is 6.29. The minimum absolute atomic E-state index is 0.102. The van der Waals surface area contributed by atoms with Gasteiger partial charge in [-0.15, -0.1) is 0 Å².